The molecule has 0 fully saturated rings. The Morgan fingerprint density at radius 2 is 1.69 bits per heavy atom. The van der Waals surface area contributed by atoms with Gasteiger partial charge >= 0.3 is 0 Å². The number of halogens is 1. The largest absolute Gasteiger partial charge is 0.493 e. The van der Waals surface area contributed by atoms with Gasteiger partial charge in [0, 0.05) is 21.3 Å². The van der Waals surface area contributed by atoms with Crippen LogP contribution in [-0.4, -0.2) is 24.0 Å². The fraction of sp³-hybridized carbons (Fsp3) is 0.300. The number of nitrogens with one attached hydrogen (secondary N) is 2. The highest BCUT2D eigenvalue weighted by Gasteiger charge is 2.16. The van der Waals surface area contributed by atoms with E-state index >= 15 is 0 Å². The maximum atomic E-state index is 12.6. The van der Waals surface area contributed by atoms with E-state index in [1.54, 1.807) is 36.4 Å². The van der Waals surface area contributed by atoms with Crippen LogP contribution in [0.15, 0.2) is 46.9 Å². The van der Waals surface area contributed by atoms with Gasteiger partial charge in [0.1, 0.15) is 5.75 Å². The quantitative estimate of drug-likeness (QED) is 0.743. The van der Waals surface area contributed by atoms with Gasteiger partial charge in [-0.3, -0.25) is 9.59 Å². The molecule has 0 bridgehead atoms. The summed E-state index contributed by atoms with van der Waals surface area (Å²) in [6, 6.07) is 12.1. The summed E-state index contributed by atoms with van der Waals surface area (Å²) in [5, 5.41) is 5.73. The summed E-state index contributed by atoms with van der Waals surface area (Å²) in [5.74, 6) is 0.0945. The molecule has 26 heavy (non-hydrogen) atoms. The molecule has 0 aromatic heterocycles. The predicted octanol–water partition coefficient (Wildman–Crippen LogP) is 4.63. The molecule has 2 amide bonds. The van der Waals surface area contributed by atoms with Crippen molar-refractivity contribution in [3.63, 3.8) is 0 Å². The predicted molar refractivity (Wildman–Crippen MR) is 107 cm³/mol. The number of hydrogen-bond acceptors (Lipinski definition) is 3. The number of carbonyl (C=O) groups is 2. The van der Waals surface area contributed by atoms with Crippen LogP contribution in [0.5, 0.6) is 5.75 Å². The van der Waals surface area contributed by atoms with Gasteiger partial charge in [0.05, 0.1) is 12.2 Å². The highest BCUT2D eigenvalue weighted by molar-refractivity contribution is 9.10. The first-order valence-electron chi connectivity index (χ1n) is 8.36. The van der Waals surface area contributed by atoms with Gasteiger partial charge in [0.25, 0.3) is 11.8 Å². The lowest BCUT2D eigenvalue weighted by molar-refractivity contribution is 0.0919. The number of hydrogen-bond donors (Lipinski definition) is 2. The Morgan fingerprint density at radius 3 is 2.27 bits per heavy atom. The summed E-state index contributed by atoms with van der Waals surface area (Å²) in [6.45, 7) is 8.11. The van der Waals surface area contributed by atoms with E-state index in [1.165, 1.54) is 0 Å². The molecule has 0 spiro atoms. The Labute approximate surface area is 162 Å². The van der Waals surface area contributed by atoms with E-state index < -0.39 is 0 Å². The molecule has 6 heteroatoms. The fourth-order valence-corrected chi connectivity index (χ4v) is 2.64. The first-order chi connectivity index (χ1) is 12.2. The van der Waals surface area contributed by atoms with Crippen LogP contribution in [0, 0.1) is 0 Å². The topological polar surface area (TPSA) is 67.4 Å². The molecule has 0 aliphatic rings. The van der Waals surface area contributed by atoms with Crippen LogP contribution >= 0.6 is 15.9 Å². The maximum Gasteiger partial charge on any atom is 0.259 e. The van der Waals surface area contributed by atoms with E-state index in [-0.39, 0.29) is 17.4 Å². The first kappa shape index (κ1) is 20.0. The van der Waals surface area contributed by atoms with Gasteiger partial charge in [-0.2, -0.15) is 0 Å². The zero-order valence-corrected chi connectivity index (χ0v) is 16.9. The van der Waals surface area contributed by atoms with E-state index in [4.69, 9.17) is 4.74 Å². The van der Waals surface area contributed by atoms with Gasteiger partial charge in [0.2, 0.25) is 0 Å². The summed E-state index contributed by atoms with van der Waals surface area (Å²) in [5.41, 5.74) is 1.27. The van der Waals surface area contributed by atoms with Crippen molar-refractivity contribution in [1.29, 1.82) is 0 Å². The normalized spacial score (nSPS) is 11.0. The van der Waals surface area contributed by atoms with E-state index in [0.29, 0.717) is 29.2 Å². The Hall–Kier alpha value is -2.34. The van der Waals surface area contributed by atoms with Crippen molar-refractivity contribution < 1.29 is 14.3 Å². The second-order valence-corrected chi connectivity index (χ2v) is 7.72. The maximum absolute atomic E-state index is 12.6. The molecule has 0 saturated heterocycles. The van der Waals surface area contributed by atoms with Crippen LogP contribution in [0.3, 0.4) is 0 Å². The van der Waals surface area contributed by atoms with Crippen molar-refractivity contribution in [2.24, 2.45) is 0 Å². The Morgan fingerprint density at radius 1 is 1.04 bits per heavy atom. The van der Waals surface area contributed by atoms with Gasteiger partial charge in [0.15, 0.2) is 0 Å². The molecule has 138 valence electrons. The summed E-state index contributed by atoms with van der Waals surface area (Å²) in [7, 11) is 0. The number of rotatable bonds is 5. The van der Waals surface area contributed by atoms with Gasteiger partial charge in [-0.05, 0) is 70.2 Å². The number of ether oxygens (including phenoxy) is 1. The van der Waals surface area contributed by atoms with Crippen LogP contribution < -0.4 is 15.4 Å². The third kappa shape index (κ3) is 5.59. The zero-order valence-electron chi connectivity index (χ0n) is 15.4. The molecule has 0 aliphatic heterocycles. The minimum absolute atomic E-state index is 0.152. The smallest absolute Gasteiger partial charge is 0.259 e. The van der Waals surface area contributed by atoms with Crippen molar-refractivity contribution in [2.75, 3.05) is 11.9 Å². The average molecular weight is 419 g/mol. The van der Waals surface area contributed by atoms with Crippen molar-refractivity contribution >= 4 is 33.4 Å². The standard InChI is InChI=1S/C20H23BrN2O3/c1-5-26-17-11-8-14(21)12-16(17)19(25)22-15-9-6-13(7-10-15)18(24)23-20(2,3)4/h6-12H,5H2,1-4H3,(H,22,25)(H,23,24). The molecule has 2 N–H and O–H groups in total. The molecule has 2 rings (SSSR count). The molecule has 5 nitrogen and oxygen atoms in total. The summed E-state index contributed by atoms with van der Waals surface area (Å²) in [6.07, 6.45) is 0. The van der Waals surface area contributed by atoms with Crippen LogP contribution in [0.2, 0.25) is 0 Å². The highest BCUT2D eigenvalue weighted by Crippen LogP contribution is 2.24. The van der Waals surface area contributed by atoms with E-state index in [1.807, 2.05) is 33.8 Å². The third-order valence-corrected chi connectivity index (χ3v) is 3.87. The molecule has 0 saturated carbocycles. The zero-order chi connectivity index (χ0) is 19.3. The minimum atomic E-state index is -0.305. The van der Waals surface area contributed by atoms with Crippen LogP contribution in [-0.2, 0) is 0 Å². The number of carbonyl (C=O) groups excluding carboxylic acids is 2. The van der Waals surface area contributed by atoms with Crippen molar-refractivity contribution in [2.45, 2.75) is 33.2 Å². The molecule has 0 aliphatic carbocycles. The van der Waals surface area contributed by atoms with Crippen molar-refractivity contribution in [3.8, 4) is 5.75 Å². The second-order valence-electron chi connectivity index (χ2n) is 6.81. The van der Waals surface area contributed by atoms with Gasteiger partial charge < -0.3 is 15.4 Å². The third-order valence-electron chi connectivity index (χ3n) is 3.38. The molecular weight excluding hydrogens is 396 g/mol. The molecule has 0 unspecified atom stereocenters. The lowest BCUT2D eigenvalue weighted by Gasteiger charge is -2.20. The summed E-state index contributed by atoms with van der Waals surface area (Å²) < 4.78 is 6.31. The lowest BCUT2D eigenvalue weighted by atomic mass is 10.1. The monoisotopic (exact) mass is 418 g/mol. The van der Waals surface area contributed by atoms with Crippen molar-refractivity contribution in [1.82, 2.24) is 5.32 Å². The average Bonchev–Trinajstić information content (AvgIpc) is 2.55. The molecule has 2 aromatic rings. The lowest BCUT2D eigenvalue weighted by Crippen LogP contribution is -2.40. The minimum Gasteiger partial charge on any atom is -0.493 e. The van der Waals surface area contributed by atoms with Gasteiger partial charge in [-0.1, -0.05) is 15.9 Å². The summed E-state index contributed by atoms with van der Waals surface area (Å²) in [4.78, 5) is 24.7. The number of benzene rings is 2. The molecule has 0 heterocycles. The van der Waals surface area contributed by atoms with E-state index in [9.17, 15) is 9.59 Å². The van der Waals surface area contributed by atoms with E-state index in [0.717, 1.165) is 4.47 Å². The molecule has 0 radical (unpaired) electrons. The molecular formula is C20H23BrN2O3. The molecule has 0 atom stereocenters. The summed E-state index contributed by atoms with van der Waals surface area (Å²) >= 11 is 3.37. The Kier molecular flexibility index (Phi) is 6.42. The molecule has 2 aromatic carbocycles. The Bertz CT molecular complexity index is 796. The Balaban J connectivity index is 2.13. The number of amides is 2. The van der Waals surface area contributed by atoms with E-state index in [2.05, 4.69) is 26.6 Å². The second kappa shape index (κ2) is 8.36. The van der Waals surface area contributed by atoms with Crippen LogP contribution in [0.4, 0.5) is 5.69 Å². The van der Waals surface area contributed by atoms with Gasteiger partial charge in [-0.15, -0.1) is 0 Å². The fourth-order valence-electron chi connectivity index (χ4n) is 2.28. The highest BCUT2D eigenvalue weighted by atomic mass is 79.9. The van der Waals surface area contributed by atoms with Crippen molar-refractivity contribution in [3.05, 3.63) is 58.1 Å². The van der Waals surface area contributed by atoms with Crippen LogP contribution in [0.1, 0.15) is 48.4 Å². The first-order valence-corrected chi connectivity index (χ1v) is 9.15. The SMILES string of the molecule is CCOc1ccc(Br)cc1C(=O)Nc1ccc(C(=O)NC(C)(C)C)cc1. The number of anilines is 1. The van der Waals surface area contributed by atoms with Gasteiger partial charge in [-0.25, -0.2) is 0 Å². The van der Waals surface area contributed by atoms with Crippen LogP contribution in [0.25, 0.3) is 0 Å².